The molecule has 1 fully saturated rings. The second-order valence-electron chi connectivity index (χ2n) is 6.10. The molecular formula is C19H19N3O3. The molecule has 3 aromatic rings. The molecule has 1 aliphatic heterocycles. The number of carbonyl (C=O) groups excluding carboxylic acids is 1. The van der Waals surface area contributed by atoms with Crippen LogP contribution in [-0.2, 0) is 4.79 Å². The van der Waals surface area contributed by atoms with Gasteiger partial charge in [-0.2, -0.15) is 0 Å². The first-order valence-corrected chi connectivity index (χ1v) is 8.22. The first-order chi connectivity index (χ1) is 12.2. The van der Waals surface area contributed by atoms with E-state index in [9.17, 15) is 4.79 Å². The van der Waals surface area contributed by atoms with Crippen LogP contribution < -0.4 is 9.47 Å². The number of rotatable bonds is 5. The molecule has 0 spiro atoms. The van der Waals surface area contributed by atoms with Gasteiger partial charge in [-0.1, -0.05) is 18.2 Å². The highest BCUT2D eigenvalue weighted by atomic mass is 16.5. The summed E-state index contributed by atoms with van der Waals surface area (Å²) >= 11 is 0. The van der Waals surface area contributed by atoms with Crippen molar-refractivity contribution in [3.8, 4) is 11.5 Å². The number of nitrogens with one attached hydrogen (secondary N) is 1. The highest BCUT2D eigenvalue weighted by Crippen LogP contribution is 2.27. The van der Waals surface area contributed by atoms with Gasteiger partial charge in [0.1, 0.15) is 17.3 Å². The van der Waals surface area contributed by atoms with Gasteiger partial charge in [-0.15, -0.1) is 0 Å². The van der Waals surface area contributed by atoms with Crippen LogP contribution in [0.2, 0.25) is 0 Å². The summed E-state index contributed by atoms with van der Waals surface area (Å²) in [6.45, 7) is 1.36. The van der Waals surface area contributed by atoms with Gasteiger partial charge in [-0.3, -0.25) is 4.79 Å². The van der Waals surface area contributed by atoms with Crippen LogP contribution in [0.15, 0.2) is 48.5 Å². The van der Waals surface area contributed by atoms with Crippen molar-refractivity contribution in [2.75, 3.05) is 26.8 Å². The fourth-order valence-electron chi connectivity index (χ4n) is 2.95. The molecule has 2 heterocycles. The maximum absolute atomic E-state index is 12.2. The number of amides is 1. The molecule has 0 unspecified atom stereocenters. The minimum atomic E-state index is -0.0184. The van der Waals surface area contributed by atoms with Crippen molar-refractivity contribution in [1.82, 2.24) is 14.9 Å². The van der Waals surface area contributed by atoms with Gasteiger partial charge in [0, 0.05) is 19.2 Å². The average Bonchev–Trinajstić information content (AvgIpc) is 3.02. The van der Waals surface area contributed by atoms with Crippen LogP contribution in [0.5, 0.6) is 11.5 Å². The number of hydrogen-bond donors (Lipinski definition) is 1. The van der Waals surface area contributed by atoms with Gasteiger partial charge in [-0.25, -0.2) is 4.98 Å². The third kappa shape index (κ3) is 3.15. The maximum atomic E-state index is 12.2. The van der Waals surface area contributed by atoms with E-state index in [-0.39, 0.29) is 18.4 Å². The number of carbonyl (C=O) groups is 1. The number of para-hydroxylation sites is 2. The van der Waals surface area contributed by atoms with Crippen LogP contribution in [0, 0.1) is 0 Å². The van der Waals surface area contributed by atoms with Gasteiger partial charge in [0.25, 0.3) is 5.91 Å². The predicted octanol–water partition coefficient (Wildman–Crippen LogP) is 2.58. The Bertz CT molecular complexity index is 867. The molecule has 0 radical (unpaired) electrons. The van der Waals surface area contributed by atoms with Crippen molar-refractivity contribution in [3.63, 3.8) is 0 Å². The Balaban J connectivity index is 1.31. The molecule has 6 nitrogen and oxygen atoms in total. The lowest BCUT2D eigenvalue weighted by atomic mass is 9.99. The Morgan fingerprint density at radius 3 is 2.80 bits per heavy atom. The molecule has 1 N–H and O–H groups in total. The number of nitrogens with zero attached hydrogens (tertiary/aromatic N) is 2. The second-order valence-corrected chi connectivity index (χ2v) is 6.10. The monoisotopic (exact) mass is 337 g/mol. The van der Waals surface area contributed by atoms with Crippen LogP contribution in [0.3, 0.4) is 0 Å². The number of aromatic nitrogens is 2. The highest BCUT2D eigenvalue weighted by Gasteiger charge is 2.33. The zero-order valence-electron chi connectivity index (χ0n) is 13.9. The molecule has 4 rings (SSSR count). The Morgan fingerprint density at radius 2 is 2.00 bits per heavy atom. The second kappa shape index (κ2) is 6.47. The summed E-state index contributed by atoms with van der Waals surface area (Å²) in [5.41, 5.74) is 1.99. The zero-order chi connectivity index (χ0) is 17.2. The van der Waals surface area contributed by atoms with Gasteiger partial charge in [0.15, 0.2) is 6.61 Å². The number of benzene rings is 2. The number of H-pyrrole nitrogens is 1. The molecule has 25 heavy (non-hydrogen) atoms. The van der Waals surface area contributed by atoms with E-state index in [0.717, 1.165) is 16.9 Å². The summed E-state index contributed by atoms with van der Waals surface area (Å²) in [6.07, 6.45) is 0. The van der Waals surface area contributed by atoms with Gasteiger partial charge in [0.05, 0.1) is 24.1 Å². The van der Waals surface area contributed by atoms with Gasteiger partial charge in [-0.05, 0) is 24.3 Å². The molecule has 1 aliphatic rings. The van der Waals surface area contributed by atoms with Crippen molar-refractivity contribution in [3.05, 3.63) is 54.4 Å². The molecule has 1 aromatic heterocycles. The standard InChI is InChI=1S/C19H19N3O3/c1-24-14-5-4-6-15(9-14)25-12-18(23)22-10-13(11-22)19-20-16-7-2-3-8-17(16)21-19/h2-9,13H,10-12H2,1H3,(H,20,21). The van der Waals surface area contributed by atoms with E-state index < -0.39 is 0 Å². The molecule has 0 bridgehead atoms. The minimum absolute atomic E-state index is 0.0184. The van der Waals surface area contributed by atoms with Crippen molar-refractivity contribution >= 4 is 16.9 Å². The summed E-state index contributed by atoms with van der Waals surface area (Å²) in [4.78, 5) is 22.0. The number of imidazole rings is 1. The van der Waals surface area contributed by atoms with Crippen LogP contribution in [0.1, 0.15) is 11.7 Å². The molecule has 1 amide bonds. The fraction of sp³-hybridized carbons (Fsp3) is 0.263. The number of likely N-dealkylation sites (tertiary alicyclic amines) is 1. The first kappa shape index (κ1) is 15.5. The average molecular weight is 337 g/mol. The lowest BCUT2D eigenvalue weighted by molar-refractivity contribution is -0.137. The van der Waals surface area contributed by atoms with Gasteiger partial charge >= 0.3 is 0 Å². The van der Waals surface area contributed by atoms with E-state index >= 15 is 0 Å². The third-order valence-electron chi connectivity index (χ3n) is 4.43. The predicted molar refractivity (Wildman–Crippen MR) is 93.9 cm³/mol. The number of ether oxygens (including phenoxy) is 2. The van der Waals surface area contributed by atoms with Gasteiger partial charge in [0.2, 0.25) is 0 Å². The zero-order valence-corrected chi connectivity index (χ0v) is 13.9. The van der Waals surface area contributed by atoms with Crippen LogP contribution >= 0.6 is 0 Å². The Morgan fingerprint density at radius 1 is 1.20 bits per heavy atom. The highest BCUT2D eigenvalue weighted by molar-refractivity contribution is 5.79. The van der Waals surface area contributed by atoms with E-state index in [1.165, 1.54) is 0 Å². The minimum Gasteiger partial charge on any atom is -0.497 e. The third-order valence-corrected chi connectivity index (χ3v) is 4.43. The van der Waals surface area contributed by atoms with Crippen molar-refractivity contribution in [2.24, 2.45) is 0 Å². The molecular weight excluding hydrogens is 318 g/mol. The summed E-state index contributed by atoms with van der Waals surface area (Å²) in [5, 5.41) is 0. The number of methoxy groups -OCH3 is 1. The van der Waals surface area contributed by atoms with Crippen molar-refractivity contribution in [2.45, 2.75) is 5.92 Å². The first-order valence-electron chi connectivity index (χ1n) is 8.22. The quantitative estimate of drug-likeness (QED) is 0.777. The number of fused-ring (bicyclic) bond motifs is 1. The van der Waals surface area contributed by atoms with Crippen LogP contribution in [0.4, 0.5) is 0 Å². The van der Waals surface area contributed by atoms with Crippen LogP contribution in [0.25, 0.3) is 11.0 Å². The van der Waals surface area contributed by atoms with E-state index in [4.69, 9.17) is 9.47 Å². The number of hydrogen-bond acceptors (Lipinski definition) is 4. The number of aromatic amines is 1. The van der Waals surface area contributed by atoms with E-state index in [1.807, 2.05) is 42.5 Å². The maximum Gasteiger partial charge on any atom is 0.260 e. The Hall–Kier alpha value is -3.02. The molecule has 0 aliphatic carbocycles. The summed E-state index contributed by atoms with van der Waals surface area (Å²) < 4.78 is 10.7. The Labute approximate surface area is 145 Å². The Kier molecular flexibility index (Phi) is 4.01. The van der Waals surface area contributed by atoms with Crippen LogP contribution in [-0.4, -0.2) is 47.6 Å². The fourth-order valence-corrected chi connectivity index (χ4v) is 2.95. The molecule has 2 aromatic carbocycles. The van der Waals surface area contributed by atoms with Crippen molar-refractivity contribution < 1.29 is 14.3 Å². The summed E-state index contributed by atoms with van der Waals surface area (Å²) in [7, 11) is 1.60. The van der Waals surface area contributed by atoms with Gasteiger partial charge < -0.3 is 19.4 Å². The lowest BCUT2D eigenvalue weighted by Gasteiger charge is -2.38. The molecule has 6 heteroatoms. The van der Waals surface area contributed by atoms with E-state index in [2.05, 4.69) is 9.97 Å². The topological polar surface area (TPSA) is 67.5 Å². The lowest BCUT2D eigenvalue weighted by Crippen LogP contribution is -2.50. The molecule has 0 saturated carbocycles. The molecule has 128 valence electrons. The largest absolute Gasteiger partial charge is 0.497 e. The van der Waals surface area contributed by atoms with Crippen molar-refractivity contribution in [1.29, 1.82) is 0 Å². The molecule has 0 atom stereocenters. The SMILES string of the molecule is COc1cccc(OCC(=O)N2CC(c3nc4ccccc4[nH]3)C2)c1. The summed E-state index contributed by atoms with van der Waals surface area (Å²) in [6, 6.07) is 15.2. The molecule has 1 saturated heterocycles. The van der Waals surface area contributed by atoms with E-state index in [0.29, 0.717) is 24.6 Å². The smallest absolute Gasteiger partial charge is 0.260 e. The summed E-state index contributed by atoms with van der Waals surface area (Å²) in [5.74, 6) is 2.52. The normalized spacial score (nSPS) is 14.4. The van der Waals surface area contributed by atoms with E-state index in [1.54, 1.807) is 18.1 Å².